The minimum Gasteiger partial charge on any atom is -0.493 e. The van der Waals surface area contributed by atoms with Crippen LogP contribution in [-0.2, 0) is 10.0 Å². The summed E-state index contributed by atoms with van der Waals surface area (Å²) in [4.78, 5) is 0.205. The molecule has 2 fully saturated rings. The van der Waals surface area contributed by atoms with Crippen molar-refractivity contribution in [2.75, 3.05) is 14.2 Å². The van der Waals surface area contributed by atoms with Crippen LogP contribution < -0.4 is 19.5 Å². The zero-order valence-corrected chi connectivity index (χ0v) is 13.7. The number of piperidine rings is 1. The van der Waals surface area contributed by atoms with Crippen molar-refractivity contribution >= 4 is 10.0 Å². The van der Waals surface area contributed by atoms with Gasteiger partial charge in [0.1, 0.15) is 0 Å². The van der Waals surface area contributed by atoms with E-state index in [1.54, 1.807) is 12.1 Å². The Kier molecular flexibility index (Phi) is 4.29. The Balaban J connectivity index is 1.78. The largest absolute Gasteiger partial charge is 0.493 e. The first kappa shape index (κ1) is 15.6. The second-order valence-corrected chi connectivity index (χ2v) is 7.66. The fraction of sp³-hybridized carbons (Fsp3) is 0.600. The van der Waals surface area contributed by atoms with Gasteiger partial charge < -0.3 is 14.8 Å². The summed E-state index contributed by atoms with van der Waals surface area (Å²) in [5, 5.41) is 3.51. The molecule has 7 heteroatoms. The molecule has 2 heterocycles. The molecule has 0 aliphatic carbocycles. The maximum atomic E-state index is 12.6. The van der Waals surface area contributed by atoms with Gasteiger partial charge in [-0.1, -0.05) is 0 Å². The number of hydrogen-bond acceptors (Lipinski definition) is 5. The maximum absolute atomic E-state index is 12.6. The molecule has 0 aromatic heterocycles. The summed E-state index contributed by atoms with van der Waals surface area (Å²) in [6.45, 7) is 0. The molecule has 2 aliphatic rings. The summed E-state index contributed by atoms with van der Waals surface area (Å²) in [6, 6.07) is 5.53. The fourth-order valence-corrected chi connectivity index (χ4v) is 4.70. The van der Waals surface area contributed by atoms with Crippen LogP contribution in [0.15, 0.2) is 23.1 Å². The molecule has 3 rings (SSSR count). The highest BCUT2D eigenvalue weighted by atomic mass is 32.2. The van der Waals surface area contributed by atoms with Gasteiger partial charge >= 0.3 is 0 Å². The topological polar surface area (TPSA) is 76.7 Å². The van der Waals surface area contributed by atoms with Crippen LogP contribution in [0.5, 0.6) is 11.5 Å². The van der Waals surface area contributed by atoms with Crippen molar-refractivity contribution in [3.05, 3.63) is 18.2 Å². The van der Waals surface area contributed by atoms with Crippen LogP contribution in [0.4, 0.5) is 0 Å². The minimum absolute atomic E-state index is 0.00292. The van der Waals surface area contributed by atoms with Crippen molar-refractivity contribution in [3.63, 3.8) is 0 Å². The standard InChI is InChI=1S/C15H22N2O4S/c1-20-14-6-5-13(9-15(14)21-2)22(18,19)17-12-7-10-3-4-11(8-12)16-10/h5-6,9-12,16-17H,3-4,7-8H2,1-2H3. The van der Waals surface area contributed by atoms with Gasteiger partial charge in [0.25, 0.3) is 0 Å². The number of benzene rings is 1. The van der Waals surface area contributed by atoms with Crippen molar-refractivity contribution in [2.45, 2.75) is 48.7 Å². The van der Waals surface area contributed by atoms with Gasteiger partial charge in [-0.3, -0.25) is 0 Å². The number of hydrogen-bond donors (Lipinski definition) is 2. The molecule has 2 bridgehead atoms. The fourth-order valence-electron chi connectivity index (χ4n) is 3.42. The van der Waals surface area contributed by atoms with Crippen molar-refractivity contribution in [3.8, 4) is 11.5 Å². The molecule has 2 aliphatic heterocycles. The molecule has 2 saturated heterocycles. The van der Waals surface area contributed by atoms with Gasteiger partial charge in [0.2, 0.25) is 10.0 Å². The molecule has 2 N–H and O–H groups in total. The number of rotatable bonds is 5. The van der Waals surface area contributed by atoms with Crippen LogP contribution in [-0.4, -0.2) is 40.8 Å². The normalized spacial score (nSPS) is 27.6. The minimum atomic E-state index is -3.55. The van der Waals surface area contributed by atoms with E-state index in [2.05, 4.69) is 10.0 Å². The molecular formula is C15H22N2O4S. The third-order valence-corrected chi connectivity index (χ3v) is 5.98. The lowest BCUT2D eigenvalue weighted by molar-refractivity contribution is 0.344. The Morgan fingerprint density at radius 2 is 1.73 bits per heavy atom. The third-order valence-electron chi connectivity index (χ3n) is 4.46. The van der Waals surface area contributed by atoms with Crippen LogP contribution >= 0.6 is 0 Å². The predicted molar refractivity (Wildman–Crippen MR) is 82.8 cm³/mol. The second-order valence-electron chi connectivity index (χ2n) is 5.94. The highest BCUT2D eigenvalue weighted by molar-refractivity contribution is 7.89. The first-order chi connectivity index (χ1) is 10.5. The molecule has 2 atom stereocenters. The molecule has 122 valence electrons. The summed E-state index contributed by atoms with van der Waals surface area (Å²) in [5.41, 5.74) is 0. The summed E-state index contributed by atoms with van der Waals surface area (Å²) >= 11 is 0. The molecule has 0 radical (unpaired) electrons. The number of nitrogens with one attached hydrogen (secondary N) is 2. The van der Waals surface area contributed by atoms with Gasteiger partial charge in [-0.25, -0.2) is 13.1 Å². The summed E-state index contributed by atoms with van der Waals surface area (Å²) in [6.07, 6.45) is 3.98. The average molecular weight is 326 g/mol. The molecule has 1 aromatic carbocycles. The van der Waals surface area contributed by atoms with Crippen LogP contribution in [0, 0.1) is 0 Å². The molecular weight excluding hydrogens is 304 g/mol. The van der Waals surface area contributed by atoms with Gasteiger partial charge in [-0.05, 0) is 37.8 Å². The summed E-state index contributed by atoms with van der Waals surface area (Å²) in [7, 11) is -0.535. The van der Waals surface area contributed by atoms with Gasteiger partial charge in [-0.2, -0.15) is 0 Å². The maximum Gasteiger partial charge on any atom is 0.240 e. The quantitative estimate of drug-likeness (QED) is 0.852. The Hall–Kier alpha value is -1.31. The number of methoxy groups -OCH3 is 2. The lowest BCUT2D eigenvalue weighted by Gasteiger charge is -2.29. The van der Waals surface area contributed by atoms with Crippen LogP contribution in [0.2, 0.25) is 0 Å². The van der Waals surface area contributed by atoms with E-state index in [1.165, 1.54) is 20.3 Å². The monoisotopic (exact) mass is 326 g/mol. The molecule has 6 nitrogen and oxygen atoms in total. The van der Waals surface area contributed by atoms with Gasteiger partial charge in [0.15, 0.2) is 11.5 Å². The summed E-state index contributed by atoms with van der Waals surface area (Å²) in [5.74, 6) is 0.928. The van der Waals surface area contributed by atoms with Crippen LogP contribution in [0.3, 0.4) is 0 Å². The van der Waals surface area contributed by atoms with E-state index < -0.39 is 10.0 Å². The van der Waals surface area contributed by atoms with Crippen molar-refractivity contribution < 1.29 is 17.9 Å². The Morgan fingerprint density at radius 3 is 2.32 bits per heavy atom. The SMILES string of the molecule is COc1ccc(S(=O)(=O)NC2CC3CCC(C2)N3)cc1OC. The Bertz CT molecular complexity index is 635. The van der Waals surface area contributed by atoms with E-state index in [-0.39, 0.29) is 10.9 Å². The molecule has 0 amide bonds. The van der Waals surface area contributed by atoms with Gasteiger partial charge in [0.05, 0.1) is 19.1 Å². The number of fused-ring (bicyclic) bond motifs is 2. The lowest BCUT2D eigenvalue weighted by Crippen LogP contribution is -2.47. The van der Waals surface area contributed by atoms with E-state index in [0.29, 0.717) is 23.6 Å². The van der Waals surface area contributed by atoms with Crippen molar-refractivity contribution in [1.29, 1.82) is 0 Å². The number of ether oxygens (including phenoxy) is 2. The van der Waals surface area contributed by atoms with E-state index in [4.69, 9.17) is 9.47 Å². The van der Waals surface area contributed by atoms with Crippen LogP contribution in [0.1, 0.15) is 25.7 Å². The van der Waals surface area contributed by atoms with E-state index in [9.17, 15) is 8.42 Å². The predicted octanol–water partition coefficient (Wildman–Crippen LogP) is 1.27. The molecule has 1 aromatic rings. The van der Waals surface area contributed by atoms with E-state index >= 15 is 0 Å². The Morgan fingerprint density at radius 1 is 1.09 bits per heavy atom. The van der Waals surface area contributed by atoms with E-state index in [0.717, 1.165) is 25.7 Å². The smallest absolute Gasteiger partial charge is 0.240 e. The first-order valence-corrected chi connectivity index (χ1v) is 9.00. The average Bonchev–Trinajstić information content (AvgIpc) is 2.85. The Labute approximate surface area is 131 Å². The molecule has 0 saturated carbocycles. The van der Waals surface area contributed by atoms with Gasteiger partial charge in [0, 0.05) is 24.2 Å². The lowest BCUT2D eigenvalue weighted by atomic mass is 10.0. The third kappa shape index (κ3) is 3.06. The second kappa shape index (κ2) is 6.06. The van der Waals surface area contributed by atoms with E-state index in [1.807, 2.05) is 0 Å². The van der Waals surface area contributed by atoms with Crippen molar-refractivity contribution in [1.82, 2.24) is 10.0 Å². The summed E-state index contributed by atoms with van der Waals surface area (Å²) < 4.78 is 38.3. The van der Waals surface area contributed by atoms with Crippen molar-refractivity contribution in [2.24, 2.45) is 0 Å². The molecule has 0 spiro atoms. The zero-order valence-electron chi connectivity index (χ0n) is 12.8. The van der Waals surface area contributed by atoms with Gasteiger partial charge in [-0.15, -0.1) is 0 Å². The molecule has 22 heavy (non-hydrogen) atoms. The van der Waals surface area contributed by atoms with Crippen LogP contribution in [0.25, 0.3) is 0 Å². The zero-order chi connectivity index (χ0) is 15.7. The molecule has 2 unspecified atom stereocenters. The number of sulfonamides is 1. The first-order valence-electron chi connectivity index (χ1n) is 7.52. The highest BCUT2D eigenvalue weighted by Gasteiger charge is 2.35. The highest BCUT2D eigenvalue weighted by Crippen LogP contribution is 2.31.